The summed E-state index contributed by atoms with van der Waals surface area (Å²) in [5, 5.41) is 4.36. The van der Waals surface area contributed by atoms with Crippen molar-refractivity contribution in [2.24, 2.45) is 5.92 Å². The molecule has 0 spiro atoms. The smallest absolute Gasteiger partial charge is 0.224 e. The molecular formula is C14H21N3OS. The zero-order valence-corrected chi connectivity index (χ0v) is 12.4. The number of hydrogen-bond acceptors (Lipinski definition) is 4. The molecule has 3 heterocycles. The number of fused-ring (bicyclic) bond motifs is 3. The number of carbonyl (C=O) groups is 1. The Labute approximate surface area is 118 Å². The number of hydrogen-bond donors (Lipinski definition) is 1. The Hall–Kier alpha value is -0.940. The molecule has 2 fully saturated rings. The molecule has 1 aromatic heterocycles. The summed E-state index contributed by atoms with van der Waals surface area (Å²) < 4.78 is 0. The van der Waals surface area contributed by atoms with Crippen LogP contribution in [0, 0.1) is 19.8 Å². The summed E-state index contributed by atoms with van der Waals surface area (Å²) >= 11 is 1.79. The summed E-state index contributed by atoms with van der Waals surface area (Å²) in [4.78, 5) is 20.3. The van der Waals surface area contributed by atoms with E-state index in [2.05, 4.69) is 29.0 Å². The van der Waals surface area contributed by atoms with Crippen molar-refractivity contribution in [1.29, 1.82) is 0 Å². The van der Waals surface area contributed by atoms with Crippen LogP contribution in [-0.4, -0.2) is 34.9 Å². The third-order valence-electron chi connectivity index (χ3n) is 4.21. The molecule has 3 rings (SSSR count). The van der Waals surface area contributed by atoms with Crippen LogP contribution in [0.1, 0.15) is 34.8 Å². The van der Waals surface area contributed by atoms with Crippen LogP contribution in [0.4, 0.5) is 0 Å². The molecule has 0 aromatic carbocycles. The molecule has 2 aliphatic heterocycles. The minimum absolute atomic E-state index is 0.176. The third kappa shape index (κ3) is 2.82. The third-order valence-corrected chi connectivity index (χ3v) is 5.27. The molecule has 19 heavy (non-hydrogen) atoms. The lowest BCUT2D eigenvalue weighted by molar-refractivity contribution is -0.124. The van der Waals surface area contributed by atoms with Crippen LogP contribution >= 0.6 is 11.3 Å². The topological polar surface area (TPSA) is 45.2 Å². The Morgan fingerprint density at radius 1 is 1.37 bits per heavy atom. The normalized spacial score (nSPS) is 28.0. The van der Waals surface area contributed by atoms with Gasteiger partial charge in [0.05, 0.1) is 18.2 Å². The number of amides is 1. The number of aromatic nitrogens is 1. The molecular weight excluding hydrogens is 258 g/mol. The van der Waals surface area contributed by atoms with Crippen molar-refractivity contribution in [2.45, 2.75) is 45.7 Å². The Morgan fingerprint density at radius 2 is 2.21 bits per heavy atom. The second-order valence-corrected chi connectivity index (χ2v) is 7.06. The standard InChI is InChI=1S/C14H21N3OS/c1-9-10(2)19-13(15-9)8-17-6-11-4-3-5-12(7-17)16-14(11)18/h11-12H,3-8H2,1-2H3,(H,16,18)/t11-,12+/m1/s1. The van der Waals surface area contributed by atoms with Crippen LogP contribution in [0.15, 0.2) is 0 Å². The summed E-state index contributed by atoms with van der Waals surface area (Å²) in [6.07, 6.45) is 3.33. The van der Waals surface area contributed by atoms with Crippen molar-refractivity contribution in [3.8, 4) is 0 Å². The second kappa shape index (κ2) is 5.21. The Morgan fingerprint density at radius 3 is 2.95 bits per heavy atom. The Bertz CT molecular complexity index is 466. The highest BCUT2D eigenvalue weighted by molar-refractivity contribution is 7.11. The number of rotatable bonds is 2. The van der Waals surface area contributed by atoms with E-state index in [0.717, 1.165) is 38.2 Å². The lowest BCUT2D eigenvalue weighted by Crippen LogP contribution is -2.38. The summed E-state index contributed by atoms with van der Waals surface area (Å²) in [6.45, 7) is 6.94. The fourth-order valence-electron chi connectivity index (χ4n) is 3.07. The summed E-state index contributed by atoms with van der Waals surface area (Å²) in [5.41, 5.74) is 1.14. The Kier molecular flexibility index (Phi) is 3.58. The van der Waals surface area contributed by atoms with Crippen molar-refractivity contribution in [3.63, 3.8) is 0 Å². The van der Waals surface area contributed by atoms with Gasteiger partial charge in [0.2, 0.25) is 5.91 Å². The first-order valence-corrected chi connectivity index (χ1v) is 7.89. The van der Waals surface area contributed by atoms with Gasteiger partial charge in [0.15, 0.2) is 0 Å². The first-order chi connectivity index (χ1) is 9.11. The first kappa shape index (κ1) is 13.1. The molecule has 0 unspecified atom stereocenters. The minimum atomic E-state index is 0.176. The number of nitrogens with one attached hydrogen (secondary N) is 1. The van der Waals surface area contributed by atoms with Crippen molar-refractivity contribution in [1.82, 2.24) is 15.2 Å². The maximum Gasteiger partial charge on any atom is 0.224 e. The molecule has 2 atom stereocenters. The van der Waals surface area contributed by atoms with Gasteiger partial charge < -0.3 is 5.32 Å². The van der Waals surface area contributed by atoms with E-state index in [1.54, 1.807) is 11.3 Å². The average Bonchev–Trinajstić information content (AvgIpc) is 2.48. The van der Waals surface area contributed by atoms with E-state index in [-0.39, 0.29) is 11.8 Å². The molecule has 2 aliphatic rings. The number of carbonyl (C=O) groups excluding carboxylic acids is 1. The molecule has 1 N–H and O–H groups in total. The SMILES string of the molecule is Cc1nc(CN2C[C@@H]3CCC[C@H](C2)C(=O)N3)sc1C. The number of likely N-dealkylation sites (tertiary alicyclic amines) is 1. The largest absolute Gasteiger partial charge is 0.352 e. The highest BCUT2D eigenvalue weighted by Gasteiger charge is 2.32. The lowest BCUT2D eigenvalue weighted by Gasteiger charge is -2.26. The van der Waals surface area contributed by atoms with E-state index in [4.69, 9.17) is 0 Å². The van der Waals surface area contributed by atoms with Crippen LogP contribution < -0.4 is 5.32 Å². The van der Waals surface area contributed by atoms with Crippen LogP contribution in [0.25, 0.3) is 0 Å². The summed E-state index contributed by atoms with van der Waals surface area (Å²) in [6, 6.07) is 0.335. The van der Waals surface area contributed by atoms with Gasteiger partial charge in [0.1, 0.15) is 5.01 Å². The highest BCUT2D eigenvalue weighted by atomic mass is 32.1. The van der Waals surface area contributed by atoms with Crippen molar-refractivity contribution >= 4 is 17.2 Å². The minimum Gasteiger partial charge on any atom is -0.352 e. The predicted octanol–water partition coefficient (Wildman–Crippen LogP) is 1.86. The van der Waals surface area contributed by atoms with Crippen molar-refractivity contribution < 1.29 is 4.79 Å². The van der Waals surface area contributed by atoms with Crippen molar-refractivity contribution in [3.05, 3.63) is 15.6 Å². The molecule has 0 radical (unpaired) electrons. The van der Waals surface area contributed by atoms with Gasteiger partial charge in [-0.25, -0.2) is 4.98 Å². The van der Waals surface area contributed by atoms with Crippen LogP contribution in [0.3, 0.4) is 0 Å². The zero-order valence-electron chi connectivity index (χ0n) is 11.6. The van der Waals surface area contributed by atoms with Gasteiger partial charge in [-0.1, -0.05) is 6.42 Å². The monoisotopic (exact) mass is 279 g/mol. The maximum absolute atomic E-state index is 12.0. The number of nitrogens with zero attached hydrogens (tertiary/aromatic N) is 2. The van der Waals surface area contributed by atoms with E-state index in [0.29, 0.717) is 6.04 Å². The van der Waals surface area contributed by atoms with Gasteiger partial charge in [-0.15, -0.1) is 11.3 Å². The fourth-order valence-corrected chi connectivity index (χ4v) is 4.05. The maximum atomic E-state index is 12.0. The van der Waals surface area contributed by atoms with Gasteiger partial charge >= 0.3 is 0 Å². The molecule has 0 saturated carbocycles. The van der Waals surface area contributed by atoms with Gasteiger partial charge in [0, 0.05) is 24.0 Å². The molecule has 4 nitrogen and oxygen atoms in total. The van der Waals surface area contributed by atoms with E-state index in [1.807, 2.05) is 0 Å². The van der Waals surface area contributed by atoms with E-state index < -0.39 is 0 Å². The number of thiazole rings is 1. The summed E-state index contributed by atoms with van der Waals surface area (Å²) in [7, 11) is 0. The quantitative estimate of drug-likeness (QED) is 0.899. The van der Waals surface area contributed by atoms with Gasteiger partial charge in [-0.2, -0.15) is 0 Å². The van der Waals surface area contributed by atoms with E-state index in [9.17, 15) is 4.79 Å². The number of aryl methyl sites for hydroxylation is 2. The van der Waals surface area contributed by atoms with Gasteiger partial charge in [-0.05, 0) is 26.7 Å². The van der Waals surface area contributed by atoms with Crippen LogP contribution in [-0.2, 0) is 11.3 Å². The zero-order chi connectivity index (χ0) is 13.4. The molecule has 2 bridgehead atoms. The Balaban J connectivity index is 1.73. The van der Waals surface area contributed by atoms with E-state index in [1.165, 1.54) is 16.3 Å². The predicted molar refractivity (Wildman–Crippen MR) is 76.1 cm³/mol. The van der Waals surface area contributed by atoms with Gasteiger partial charge in [-0.3, -0.25) is 9.69 Å². The molecule has 1 amide bonds. The van der Waals surface area contributed by atoms with E-state index >= 15 is 0 Å². The first-order valence-electron chi connectivity index (χ1n) is 7.07. The fraction of sp³-hybridized carbons (Fsp3) is 0.714. The summed E-state index contributed by atoms with van der Waals surface area (Å²) in [5.74, 6) is 0.436. The highest BCUT2D eigenvalue weighted by Crippen LogP contribution is 2.24. The van der Waals surface area contributed by atoms with Gasteiger partial charge in [0.25, 0.3) is 0 Å². The average molecular weight is 279 g/mol. The van der Waals surface area contributed by atoms with Crippen LogP contribution in [0.5, 0.6) is 0 Å². The van der Waals surface area contributed by atoms with Crippen LogP contribution in [0.2, 0.25) is 0 Å². The molecule has 1 aromatic rings. The molecule has 2 saturated heterocycles. The second-order valence-electron chi connectivity index (χ2n) is 5.78. The molecule has 104 valence electrons. The molecule has 5 heteroatoms. The lowest BCUT2D eigenvalue weighted by atomic mass is 9.99. The molecule has 0 aliphatic carbocycles. The van der Waals surface area contributed by atoms with Crippen molar-refractivity contribution in [2.75, 3.05) is 13.1 Å².